The molecule has 0 radical (unpaired) electrons. The Balaban J connectivity index is 1.14. The Morgan fingerprint density at radius 3 is 0.667 bits per heavy atom. The van der Waals surface area contributed by atoms with Crippen molar-refractivity contribution in [2.45, 2.75) is 296 Å². The van der Waals surface area contributed by atoms with Gasteiger partial charge in [0.05, 0.1) is 33.4 Å². The van der Waals surface area contributed by atoms with E-state index in [-0.39, 0.29) is 0 Å². The minimum Gasteiger partial charge on any atom is -0.310 e. The van der Waals surface area contributed by atoms with Crippen LogP contribution < -0.4 is 26.2 Å². The summed E-state index contributed by atoms with van der Waals surface area (Å²) in [4.78, 5) is 4.92. The Labute approximate surface area is 835 Å². The van der Waals surface area contributed by atoms with Crippen LogP contribution in [0, 0.1) is 43.3 Å². The van der Waals surface area contributed by atoms with Crippen LogP contribution in [-0.4, -0.2) is 15.8 Å². The van der Waals surface area contributed by atoms with Crippen molar-refractivity contribution in [2.24, 2.45) is 43.3 Å². The van der Waals surface area contributed by atoms with Crippen LogP contribution in [0.25, 0.3) is 99.5 Å². The molecule has 698 valence electrons. The first kappa shape index (κ1) is 77.2. The van der Waals surface area contributed by atoms with Crippen LogP contribution in [0.2, 0.25) is 0 Å². The van der Waals surface area contributed by atoms with E-state index >= 15 is 0 Å². The molecule has 0 fully saturated rings. The number of hydrogen-bond acceptors (Lipinski definition) is 2. The van der Waals surface area contributed by atoms with Crippen molar-refractivity contribution in [3.63, 3.8) is 0 Å². The van der Waals surface area contributed by atoms with E-state index in [0.29, 0.717) is 67.3 Å². The van der Waals surface area contributed by atoms with E-state index in [1.807, 2.05) is 312 Å². The molecule has 15 aromatic rings. The van der Waals surface area contributed by atoms with Crippen molar-refractivity contribution in [3.8, 4) is 55.9 Å². The summed E-state index contributed by atoms with van der Waals surface area (Å²) in [5.74, 6) is 0. The first-order valence-electron chi connectivity index (χ1n) is 57.0. The zero-order valence-electron chi connectivity index (χ0n) is 103. The summed E-state index contributed by atoms with van der Waals surface area (Å²) in [5.41, 5.74) is 15.0. The van der Waals surface area contributed by atoms with Gasteiger partial charge in [-0.25, -0.2) is 0 Å². The summed E-state index contributed by atoms with van der Waals surface area (Å²) in [5, 5.41) is 2.91. The third-order valence-corrected chi connectivity index (χ3v) is 25.2. The molecule has 0 atom stereocenters. The summed E-state index contributed by atoms with van der Waals surface area (Å²) < 4.78 is 166. The fourth-order valence-corrected chi connectivity index (χ4v) is 20.1. The van der Waals surface area contributed by atoms with Gasteiger partial charge < -0.3 is 18.9 Å². The highest BCUT2D eigenvalue weighted by Gasteiger charge is 2.47. The van der Waals surface area contributed by atoms with Gasteiger partial charge in [-0.15, -0.1) is 0 Å². The van der Waals surface area contributed by atoms with Crippen LogP contribution in [0.4, 0.5) is 34.1 Å². The van der Waals surface area contributed by atoms with Crippen molar-refractivity contribution in [3.05, 3.63) is 304 Å². The predicted octanol–water partition coefficient (Wildman–Crippen LogP) is 35.2. The molecule has 4 heterocycles. The smallest absolute Gasteiger partial charge is 0.252 e. The topological polar surface area (TPSA) is 16.3 Å². The van der Waals surface area contributed by atoms with Crippen molar-refractivity contribution in [2.75, 3.05) is 9.80 Å². The van der Waals surface area contributed by atoms with Gasteiger partial charge in [0.15, 0.2) is 0 Å². The highest BCUT2D eigenvalue weighted by molar-refractivity contribution is 7.00. The highest BCUT2D eigenvalue weighted by atomic mass is 15.2. The molecule has 0 saturated heterocycles. The maximum absolute atomic E-state index is 10.3. The van der Waals surface area contributed by atoms with Crippen LogP contribution in [-0.2, 0) is 67.2 Å². The van der Waals surface area contributed by atoms with Gasteiger partial charge in [0, 0.05) is 99.9 Å². The fraction of sp³-hybridized carbons (Fsp3) is 0.400. The lowest BCUT2D eigenvalue weighted by molar-refractivity contribution is 0.411. The molecular formula is C130H155BN4. The lowest BCUT2D eigenvalue weighted by atomic mass is 9.33. The molecule has 17 rings (SSSR count). The molecule has 2 aliphatic rings. The largest absolute Gasteiger partial charge is 0.310 e. The van der Waals surface area contributed by atoms with Crippen LogP contribution in [0.1, 0.15) is 312 Å². The van der Waals surface area contributed by atoms with E-state index in [4.69, 9.17) is 0 Å². The van der Waals surface area contributed by atoms with Crippen molar-refractivity contribution >= 4 is 101 Å². The van der Waals surface area contributed by atoms with Gasteiger partial charge in [-0.3, -0.25) is 0 Å². The predicted molar refractivity (Wildman–Crippen MR) is 592 cm³/mol. The summed E-state index contributed by atoms with van der Waals surface area (Å²) in [6.07, 6.45) is -15.0. The van der Waals surface area contributed by atoms with Gasteiger partial charge in [0.2, 0.25) is 0 Å². The second-order valence-electron chi connectivity index (χ2n) is 50.0. The Kier molecular flexibility index (Phi) is 19.5. The summed E-state index contributed by atoms with van der Waals surface area (Å²) in [6, 6.07) is 82.8. The Morgan fingerprint density at radius 1 is 0.222 bits per heavy atom. The van der Waals surface area contributed by atoms with E-state index in [1.54, 1.807) is 0 Å². The molecule has 0 spiro atoms. The average molecular weight is 1800 g/mol. The molecule has 2 aromatic heterocycles. The number of hydrogen-bond donors (Lipinski definition) is 0. The van der Waals surface area contributed by atoms with Crippen LogP contribution in [0.5, 0.6) is 0 Å². The molecule has 13 aromatic carbocycles. The zero-order valence-corrected chi connectivity index (χ0v) is 87.0. The number of nitrogens with zero attached hydrogens (tertiary/aromatic N) is 4. The third kappa shape index (κ3) is 20.5. The molecule has 0 amide bonds. The van der Waals surface area contributed by atoms with Crippen molar-refractivity contribution in [1.82, 2.24) is 9.13 Å². The Hall–Kier alpha value is -10.9. The average Bonchev–Trinajstić information content (AvgIpc) is 1.14. The van der Waals surface area contributed by atoms with Crippen molar-refractivity contribution in [1.29, 1.82) is 0 Å². The zero-order chi connectivity index (χ0) is 112. The minimum atomic E-state index is -1.89. The molecule has 2 aliphatic heterocycles. The van der Waals surface area contributed by atoms with Gasteiger partial charge in [0.25, 0.3) is 6.71 Å². The molecular weight excluding hydrogens is 1630 g/mol. The molecule has 0 N–H and O–H groups in total. The molecule has 5 heteroatoms. The summed E-state index contributed by atoms with van der Waals surface area (Å²) in [7, 11) is 0. The van der Waals surface area contributed by atoms with Crippen molar-refractivity contribution < 1.29 is 21.9 Å². The van der Waals surface area contributed by atoms with Gasteiger partial charge in [0.1, 0.15) is 0 Å². The Morgan fingerprint density at radius 2 is 0.444 bits per heavy atom. The number of aromatic nitrogens is 2. The van der Waals surface area contributed by atoms with Gasteiger partial charge >= 0.3 is 0 Å². The normalized spacial score (nSPS) is 16.5. The second kappa shape index (κ2) is 34.1. The van der Waals surface area contributed by atoms with Gasteiger partial charge in [-0.1, -0.05) is 362 Å². The number of fused-ring (bicyclic) bond motifs is 10. The molecule has 0 saturated carbocycles. The Bertz CT molecular complexity index is 7180. The molecule has 4 nitrogen and oxygen atoms in total. The van der Waals surface area contributed by atoms with Crippen LogP contribution in [0.15, 0.2) is 243 Å². The maximum atomic E-state index is 10.3. The maximum Gasteiger partial charge on any atom is 0.252 e. The van der Waals surface area contributed by atoms with Crippen LogP contribution >= 0.6 is 0 Å². The molecule has 135 heavy (non-hydrogen) atoms. The second-order valence-corrected chi connectivity index (χ2v) is 50.0. The molecule has 0 aliphatic carbocycles. The lowest BCUT2D eigenvalue weighted by Crippen LogP contribution is -2.61. The van der Waals surface area contributed by atoms with Gasteiger partial charge in [-0.05, 0) is 320 Å². The quantitative estimate of drug-likeness (QED) is 0.0897. The lowest BCUT2D eigenvalue weighted by Gasteiger charge is -2.47. The first-order chi connectivity index (χ1) is 68.9. The van der Waals surface area contributed by atoms with E-state index in [9.17, 15) is 21.9 Å². The summed E-state index contributed by atoms with van der Waals surface area (Å²) >= 11 is 0. The van der Waals surface area contributed by atoms with E-state index in [1.165, 1.54) is 0 Å². The highest BCUT2D eigenvalue weighted by Crippen LogP contribution is 2.57. The SMILES string of the molecule is [2H]C([2H])(c1cccc(-c2cc(C(C)(C)C)cc(-c3cccc(C([2H])([2H])C(C)(C)C)c3)c2N2c3cc(-n4c5ccc(C([2H])([2H])C(C)(C)C)cc5c5cc(C([2H])([2H])C(C)(C)C)ccc54)ccc3B3c4ccc(-n5c6ccc(C([2H])([2H])C(C)(C)C)cc6c6cc(C([2H])([2H])C(C)(C)C)ccc65)cc4N(c4c(-c5cccc(C([2H])([2H])C(C)(C)C)c5)cc(C(C)(C)C)cc4-c4cccc(C([2H])([2H])C(C)(C)C)c4)c4cc(C(C)(C)C)cc2c43)c1)C(C)(C)C. The van der Waals surface area contributed by atoms with E-state index < -0.39 is 117 Å². The number of benzene rings is 13. The standard InChI is InChI=1S/C130H155BN4/c1-120(2,3)74-82-38-34-42-90(58-82)99-66-94(128(25,26)27)67-100(91-43-35-39-83(59-91)75-121(4,5)6)118(99)134-113-72-97(132-109-54-46-86(78-124(13,14)15)62-103(109)104-63-87(47-55-110(104)132)79-125(16,17)18)50-52-107(113)131-108-53-51-98(133-111-56-48-88(80-126(19,20)21)64-105(111)106-65-89(49-57-112(106)133)81-127(22,23)24)73-114(108)135(116-71-96(130(31,32)33)70-115(134)117(116)131)119-101(92-44-36-40-84(60-92)76-122(7,8)9)68-95(129(28,29)30)69-102(119)93-45-37-41-85(61-93)77-123(10,11)12/h34-73H,74-81H2,1-33H3/i74D2,75D2,76D2,77D2,78D2,79D2,80D2,81D2. The van der Waals surface area contributed by atoms with Gasteiger partial charge in [-0.2, -0.15) is 0 Å². The number of rotatable bonds is 16. The third-order valence-electron chi connectivity index (χ3n) is 25.2. The van der Waals surface area contributed by atoms with E-state index in [0.717, 1.165) is 144 Å². The summed E-state index contributed by atoms with van der Waals surface area (Å²) in [6.45, 7) is 65.4. The molecule has 0 bridgehead atoms. The first-order valence-corrected chi connectivity index (χ1v) is 49.0. The monoisotopic (exact) mass is 1800 g/mol. The fourth-order valence-electron chi connectivity index (χ4n) is 20.1. The number of anilines is 6. The minimum absolute atomic E-state index is 0.473. The van der Waals surface area contributed by atoms with Crippen LogP contribution in [0.3, 0.4) is 0 Å². The molecule has 0 unspecified atom stereocenters. The van der Waals surface area contributed by atoms with E-state index in [2.05, 4.69) is 178 Å².